The molecule has 2 fully saturated rings. The molecule has 88 valence electrons. The van der Waals surface area contributed by atoms with Crippen LogP contribution in [0.2, 0.25) is 0 Å². The first-order chi connectivity index (χ1) is 7.07. The maximum absolute atomic E-state index is 11.2. The molecular formula is C8H16N2O3S2. The van der Waals surface area contributed by atoms with E-state index in [4.69, 9.17) is 0 Å². The molecule has 7 heteroatoms. The first-order valence-corrected chi connectivity index (χ1v) is 8.43. The molecule has 2 heterocycles. The third-order valence-corrected chi connectivity index (χ3v) is 5.76. The van der Waals surface area contributed by atoms with Gasteiger partial charge in [0.25, 0.3) is 0 Å². The molecule has 0 aromatic carbocycles. The van der Waals surface area contributed by atoms with E-state index >= 15 is 0 Å². The SMILES string of the molecule is O=S1(=O)CCN(N2CC[S+]([O-])CC2)CC1. The maximum atomic E-state index is 11.2. The molecule has 0 saturated carbocycles. The van der Waals surface area contributed by atoms with Crippen molar-refractivity contribution in [3.63, 3.8) is 0 Å². The van der Waals surface area contributed by atoms with Gasteiger partial charge in [0.05, 0.1) is 24.6 Å². The minimum absolute atomic E-state index is 0.257. The van der Waals surface area contributed by atoms with Gasteiger partial charge in [0, 0.05) is 13.1 Å². The van der Waals surface area contributed by atoms with Crippen LogP contribution in [0.5, 0.6) is 0 Å². The van der Waals surface area contributed by atoms with Crippen molar-refractivity contribution in [2.45, 2.75) is 0 Å². The molecule has 5 nitrogen and oxygen atoms in total. The molecule has 2 aliphatic heterocycles. The lowest BCUT2D eigenvalue weighted by atomic mass is 10.5. The zero-order valence-corrected chi connectivity index (χ0v) is 10.2. The predicted octanol–water partition coefficient (Wildman–Crippen LogP) is -1.30. The minimum Gasteiger partial charge on any atom is -0.616 e. The van der Waals surface area contributed by atoms with E-state index in [0.717, 1.165) is 13.1 Å². The second-order valence-corrected chi connectivity index (χ2v) is 7.91. The van der Waals surface area contributed by atoms with Crippen molar-refractivity contribution in [3.8, 4) is 0 Å². The molecule has 2 saturated heterocycles. The lowest BCUT2D eigenvalue weighted by Crippen LogP contribution is -2.55. The standard InChI is InChI=1S/C8H16N2O3S2/c11-14-5-1-9(2-6-14)10-3-7-15(12,13)8-4-10/h1-8H2. The van der Waals surface area contributed by atoms with Crippen molar-refractivity contribution in [1.29, 1.82) is 0 Å². The Balaban J connectivity index is 1.86. The summed E-state index contributed by atoms with van der Waals surface area (Å²) in [4.78, 5) is 0. The summed E-state index contributed by atoms with van der Waals surface area (Å²) in [6.07, 6.45) is 0. The van der Waals surface area contributed by atoms with E-state index < -0.39 is 21.0 Å². The highest BCUT2D eigenvalue weighted by molar-refractivity contribution is 7.91. The largest absolute Gasteiger partial charge is 0.616 e. The Morgan fingerprint density at radius 1 is 0.933 bits per heavy atom. The molecule has 2 aliphatic rings. The summed E-state index contributed by atoms with van der Waals surface area (Å²) in [5.41, 5.74) is 0. The first kappa shape index (κ1) is 11.7. The molecule has 0 aromatic heterocycles. The Morgan fingerprint density at radius 3 is 1.93 bits per heavy atom. The number of hydrogen-bond donors (Lipinski definition) is 0. The third kappa shape index (κ3) is 3.07. The van der Waals surface area contributed by atoms with Crippen LogP contribution in [0.15, 0.2) is 0 Å². The molecule has 0 radical (unpaired) electrons. The molecule has 15 heavy (non-hydrogen) atoms. The number of sulfone groups is 1. The number of nitrogens with zero attached hydrogens (tertiary/aromatic N) is 2. The fraction of sp³-hybridized carbons (Fsp3) is 1.00. The summed E-state index contributed by atoms with van der Waals surface area (Å²) in [6.45, 7) is 2.78. The fourth-order valence-corrected chi connectivity index (χ4v) is 4.11. The van der Waals surface area contributed by atoms with E-state index in [1.54, 1.807) is 0 Å². The van der Waals surface area contributed by atoms with Gasteiger partial charge in [0.15, 0.2) is 9.84 Å². The van der Waals surface area contributed by atoms with E-state index in [9.17, 15) is 13.0 Å². The lowest BCUT2D eigenvalue weighted by molar-refractivity contribution is -0.00971. The Morgan fingerprint density at radius 2 is 1.40 bits per heavy atom. The monoisotopic (exact) mass is 252 g/mol. The quantitative estimate of drug-likeness (QED) is 0.543. The van der Waals surface area contributed by atoms with Gasteiger partial charge in [-0.25, -0.2) is 18.4 Å². The van der Waals surface area contributed by atoms with Gasteiger partial charge in [-0.3, -0.25) is 0 Å². The Labute approximate surface area is 93.5 Å². The number of rotatable bonds is 1. The summed E-state index contributed by atoms with van der Waals surface area (Å²) < 4.78 is 33.6. The van der Waals surface area contributed by atoms with Gasteiger partial charge in [0.1, 0.15) is 11.5 Å². The molecule has 0 aromatic rings. The van der Waals surface area contributed by atoms with E-state index in [-0.39, 0.29) is 11.5 Å². The predicted molar refractivity (Wildman–Crippen MR) is 59.7 cm³/mol. The first-order valence-electron chi connectivity index (χ1n) is 5.12. The van der Waals surface area contributed by atoms with E-state index in [2.05, 4.69) is 10.0 Å². The van der Waals surface area contributed by atoms with Crippen LogP contribution in [0.25, 0.3) is 0 Å². The molecule has 0 unspecified atom stereocenters. The summed E-state index contributed by atoms with van der Waals surface area (Å²) in [6, 6.07) is 0. The van der Waals surface area contributed by atoms with Gasteiger partial charge in [-0.2, -0.15) is 0 Å². The normalized spacial score (nSPS) is 30.5. The summed E-state index contributed by atoms with van der Waals surface area (Å²) in [7, 11) is -2.79. The molecular weight excluding hydrogens is 236 g/mol. The highest BCUT2D eigenvalue weighted by atomic mass is 32.2. The molecule has 0 atom stereocenters. The zero-order chi connectivity index (χ0) is 10.9. The summed E-state index contributed by atoms with van der Waals surface area (Å²) in [5.74, 6) is 1.94. The highest BCUT2D eigenvalue weighted by Crippen LogP contribution is 2.11. The van der Waals surface area contributed by atoms with Crippen molar-refractivity contribution < 1.29 is 13.0 Å². The van der Waals surface area contributed by atoms with E-state index in [1.807, 2.05) is 0 Å². The van der Waals surface area contributed by atoms with Crippen molar-refractivity contribution >= 4 is 21.0 Å². The second-order valence-electron chi connectivity index (χ2n) is 3.91. The van der Waals surface area contributed by atoms with Crippen LogP contribution >= 0.6 is 0 Å². The molecule has 0 spiro atoms. The Hall–Kier alpha value is 0.180. The van der Waals surface area contributed by atoms with E-state index in [0.29, 0.717) is 24.6 Å². The van der Waals surface area contributed by atoms with Gasteiger partial charge in [-0.05, 0) is 0 Å². The van der Waals surface area contributed by atoms with Crippen LogP contribution in [0.3, 0.4) is 0 Å². The van der Waals surface area contributed by atoms with Gasteiger partial charge in [-0.1, -0.05) is 11.2 Å². The lowest BCUT2D eigenvalue weighted by Gasteiger charge is -2.39. The van der Waals surface area contributed by atoms with Crippen LogP contribution in [-0.4, -0.2) is 72.2 Å². The molecule has 0 amide bonds. The zero-order valence-electron chi connectivity index (χ0n) is 8.59. The van der Waals surface area contributed by atoms with Gasteiger partial charge >= 0.3 is 0 Å². The topological polar surface area (TPSA) is 63.7 Å². The van der Waals surface area contributed by atoms with Crippen molar-refractivity contribution in [2.75, 3.05) is 49.2 Å². The highest BCUT2D eigenvalue weighted by Gasteiger charge is 2.29. The summed E-state index contributed by atoms with van der Waals surface area (Å²) in [5, 5.41) is 4.24. The fourth-order valence-electron chi connectivity index (χ4n) is 1.90. The van der Waals surface area contributed by atoms with Gasteiger partial charge in [-0.15, -0.1) is 0 Å². The van der Waals surface area contributed by atoms with Crippen LogP contribution in [0.1, 0.15) is 0 Å². The molecule has 0 N–H and O–H groups in total. The second kappa shape index (κ2) is 4.58. The minimum atomic E-state index is -2.79. The molecule has 2 rings (SSSR count). The molecule has 0 aliphatic carbocycles. The number of hydrogen-bond acceptors (Lipinski definition) is 5. The number of hydrazine groups is 1. The average molecular weight is 252 g/mol. The van der Waals surface area contributed by atoms with Gasteiger partial charge in [0.2, 0.25) is 0 Å². The van der Waals surface area contributed by atoms with Gasteiger partial charge < -0.3 is 4.55 Å². The third-order valence-electron chi connectivity index (χ3n) is 2.87. The van der Waals surface area contributed by atoms with Crippen LogP contribution in [-0.2, 0) is 21.0 Å². The van der Waals surface area contributed by atoms with Crippen molar-refractivity contribution in [1.82, 2.24) is 10.0 Å². The Kier molecular flexibility index (Phi) is 3.56. The van der Waals surface area contributed by atoms with Crippen molar-refractivity contribution in [3.05, 3.63) is 0 Å². The smallest absolute Gasteiger partial charge is 0.152 e. The van der Waals surface area contributed by atoms with Crippen LogP contribution in [0.4, 0.5) is 0 Å². The maximum Gasteiger partial charge on any atom is 0.152 e. The van der Waals surface area contributed by atoms with Crippen molar-refractivity contribution in [2.24, 2.45) is 0 Å². The average Bonchev–Trinajstić information content (AvgIpc) is 2.20. The summed E-state index contributed by atoms with van der Waals surface area (Å²) >= 11 is -0.667. The van der Waals surface area contributed by atoms with Crippen LogP contribution < -0.4 is 0 Å². The van der Waals surface area contributed by atoms with Crippen LogP contribution in [0, 0.1) is 0 Å². The Bertz CT molecular complexity index is 298. The molecule has 0 bridgehead atoms. The van der Waals surface area contributed by atoms with E-state index in [1.165, 1.54) is 0 Å².